The van der Waals surface area contributed by atoms with Crippen LogP contribution in [0, 0.1) is 6.92 Å². The largest absolute Gasteiger partial charge is 0.247 e. The molecule has 24 heavy (non-hydrogen) atoms. The van der Waals surface area contributed by atoms with Gasteiger partial charge in [-0.3, -0.25) is 0 Å². The Kier molecular flexibility index (Phi) is 4.11. The smallest absolute Gasteiger partial charge is 0.0757 e. The highest BCUT2D eigenvalue weighted by atomic mass is 31.1. The Morgan fingerprint density at radius 1 is 0.667 bits per heavy atom. The number of nitrogens with zero attached hydrogens (tertiary/aromatic N) is 1. The minimum absolute atomic E-state index is 0.651. The standard InChI is InChI=1S/C22H18NP/c1-17-16-18-10-8-9-15-21(18)23-22(17)24(19-11-4-2-5-12-19)20-13-6-3-7-14-20/h2-16H,1H3. The van der Waals surface area contributed by atoms with Gasteiger partial charge in [-0.25, -0.2) is 4.98 Å². The van der Waals surface area contributed by atoms with E-state index in [2.05, 4.69) is 97.9 Å². The lowest BCUT2D eigenvalue weighted by atomic mass is 10.2. The summed E-state index contributed by atoms with van der Waals surface area (Å²) in [6, 6.07) is 32.1. The van der Waals surface area contributed by atoms with Crippen molar-refractivity contribution in [3.05, 3.63) is 96.6 Å². The van der Waals surface area contributed by atoms with Crippen molar-refractivity contribution >= 4 is 34.9 Å². The van der Waals surface area contributed by atoms with E-state index >= 15 is 0 Å². The number of aromatic nitrogens is 1. The highest BCUT2D eigenvalue weighted by molar-refractivity contribution is 7.79. The van der Waals surface area contributed by atoms with Crippen LogP contribution in [0.4, 0.5) is 0 Å². The van der Waals surface area contributed by atoms with Crippen LogP contribution in [0.5, 0.6) is 0 Å². The molecule has 4 rings (SSSR count). The monoisotopic (exact) mass is 327 g/mol. The van der Waals surface area contributed by atoms with Crippen molar-refractivity contribution in [3.63, 3.8) is 0 Å². The van der Waals surface area contributed by atoms with Crippen LogP contribution in [-0.2, 0) is 0 Å². The molecule has 0 amide bonds. The summed E-state index contributed by atoms with van der Waals surface area (Å²) in [5, 5.41) is 3.88. The molecule has 1 aromatic heterocycles. The number of pyridine rings is 1. The topological polar surface area (TPSA) is 12.9 Å². The Bertz CT molecular complexity index is 925. The third-order valence-electron chi connectivity index (χ3n) is 4.13. The summed E-state index contributed by atoms with van der Waals surface area (Å²) in [6.07, 6.45) is 0. The first-order valence-corrected chi connectivity index (χ1v) is 9.44. The van der Waals surface area contributed by atoms with Gasteiger partial charge >= 0.3 is 0 Å². The molecule has 4 aromatic rings. The second-order valence-corrected chi connectivity index (χ2v) is 7.96. The molecule has 0 saturated heterocycles. The van der Waals surface area contributed by atoms with Crippen molar-refractivity contribution in [2.45, 2.75) is 6.92 Å². The molecule has 0 spiro atoms. The SMILES string of the molecule is Cc1cc2ccccc2nc1P(c1ccccc1)c1ccccc1. The lowest BCUT2D eigenvalue weighted by molar-refractivity contribution is 1.40. The fourth-order valence-corrected chi connectivity index (χ4v) is 5.34. The van der Waals surface area contributed by atoms with E-state index in [1.54, 1.807) is 0 Å². The van der Waals surface area contributed by atoms with E-state index in [9.17, 15) is 0 Å². The van der Waals surface area contributed by atoms with Crippen molar-refractivity contribution < 1.29 is 0 Å². The van der Waals surface area contributed by atoms with E-state index in [0.717, 1.165) is 5.52 Å². The Hall–Kier alpha value is -2.50. The minimum Gasteiger partial charge on any atom is -0.247 e. The normalized spacial score (nSPS) is 11.1. The maximum atomic E-state index is 5.06. The van der Waals surface area contributed by atoms with Crippen LogP contribution in [0.15, 0.2) is 91.0 Å². The van der Waals surface area contributed by atoms with Gasteiger partial charge in [0.15, 0.2) is 0 Å². The van der Waals surface area contributed by atoms with E-state index in [4.69, 9.17) is 4.98 Å². The first-order valence-electron chi connectivity index (χ1n) is 8.09. The van der Waals surface area contributed by atoms with Crippen LogP contribution in [0.25, 0.3) is 10.9 Å². The van der Waals surface area contributed by atoms with Crippen molar-refractivity contribution in [2.24, 2.45) is 0 Å². The minimum atomic E-state index is -0.651. The zero-order valence-electron chi connectivity index (χ0n) is 13.6. The molecule has 0 fully saturated rings. The Morgan fingerprint density at radius 2 is 1.21 bits per heavy atom. The summed E-state index contributed by atoms with van der Waals surface area (Å²) in [7, 11) is -0.651. The van der Waals surface area contributed by atoms with E-state index in [1.165, 1.54) is 27.0 Å². The molecular formula is C22H18NP. The molecule has 0 aliphatic carbocycles. The third kappa shape index (κ3) is 2.84. The number of hydrogen-bond donors (Lipinski definition) is 0. The van der Waals surface area contributed by atoms with Crippen molar-refractivity contribution in [2.75, 3.05) is 0 Å². The summed E-state index contributed by atoms with van der Waals surface area (Å²) >= 11 is 0. The van der Waals surface area contributed by atoms with Crippen LogP contribution in [0.1, 0.15) is 5.56 Å². The lowest BCUT2D eigenvalue weighted by Gasteiger charge is -2.20. The molecule has 0 radical (unpaired) electrons. The molecular weight excluding hydrogens is 309 g/mol. The highest BCUT2D eigenvalue weighted by Crippen LogP contribution is 2.33. The molecule has 0 atom stereocenters. The molecule has 2 heteroatoms. The average molecular weight is 327 g/mol. The molecule has 116 valence electrons. The third-order valence-corrected chi connectivity index (χ3v) is 6.63. The second-order valence-electron chi connectivity index (χ2n) is 5.83. The average Bonchev–Trinajstić information content (AvgIpc) is 2.64. The van der Waals surface area contributed by atoms with E-state index in [1.807, 2.05) is 0 Å². The van der Waals surface area contributed by atoms with Crippen LogP contribution in [0.3, 0.4) is 0 Å². The molecule has 1 nitrogen and oxygen atoms in total. The van der Waals surface area contributed by atoms with Gasteiger partial charge in [0.1, 0.15) is 0 Å². The summed E-state index contributed by atoms with van der Waals surface area (Å²) in [4.78, 5) is 5.06. The zero-order chi connectivity index (χ0) is 16.4. The van der Waals surface area contributed by atoms with E-state index < -0.39 is 7.92 Å². The van der Waals surface area contributed by atoms with Gasteiger partial charge in [0, 0.05) is 13.3 Å². The van der Waals surface area contributed by atoms with Gasteiger partial charge in [0.25, 0.3) is 0 Å². The Balaban J connectivity index is 1.96. The predicted molar refractivity (Wildman–Crippen MR) is 105 cm³/mol. The number of fused-ring (bicyclic) bond motifs is 1. The van der Waals surface area contributed by atoms with Gasteiger partial charge in [-0.2, -0.15) is 0 Å². The summed E-state index contributed by atoms with van der Waals surface area (Å²) in [5.41, 5.74) is 3.52. The number of hydrogen-bond acceptors (Lipinski definition) is 1. The number of benzene rings is 3. The van der Waals surface area contributed by atoms with Crippen LogP contribution < -0.4 is 16.0 Å². The fraction of sp³-hybridized carbons (Fsp3) is 0.0455. The van der Waals surface area contributed by atoms with Gasteiger partial charge < -0.3 is 0 Å². The molecule has 0 N–H and O–H groups in total. The first-order chi connectivity index (χ1) is 11.8. The molecule has 0 saturated carbocycles. The van der Waals surface area contributed by atoms with Crippen molar-refractivity contribution in [1.82, 2.24) is 4.98 Å². The maximum absolute atomic E-state index is 5.06. The predicted octanol–water partition coefficient (Wildman–Crippen LogP) is 4.30. The quantitative estimate of drug-likeness (QED) is 0.511. The maximum Gasteiger partial charge on any atom is 0.0757 e. The summed E-state index contributed by atoms with van der Waals surface area (Å²) < 4.78 is 0. The van der Waals surface area contributed by atoms with Gasteiger partial charge in [-0.15, -0.1) is 0 Å². The lowest BCUT2D eigenvalue weighted by Crippen LogP contribution is -2.24. The second kappa shape index (κ2) is 6.55. The van der Waals surface area contributed by atoms with Crippen molar-refractivity contribution in [3.8, 4) is 0 Å². The van der Waals surface area contributed by atoms with E-state index in [-0.39, 0.29) is 0 Å². The summed E-state index contributed by atoms with van der Waals surface area (Å²) in [5.74, 6) is 0. The number of rotatable bonds is 3. The van der Waals surface area contributed by atoms with Gasteiger partial charge in [-0.1, -0.05) is 78.9 Å². The van der Waals surface area contributed by atoms with E-state index in [0.29, 0.717) is 0 Å². The fourth-order valence-electron chi connectivity index (χ4n) is 2.99. The number of para-hydroxylation sites is 1. The van der Waals surface area contributed by atoms with Crippen LogP contribution >= 0.6 is 7.92 Å². The molecule has 3 aromatic carbocycles. The molecule has 0 bridgehead atoms. The number of aryl methyl sites for hydroxylation is 1. The Morgan fingerprint density at radius 3 is 1.83 bits per heavy atom. The summed E-state index contributed by atoms with van der Waals surface area (Å²) in [6.45, 7) is 2.18. The van der Waals surface area contributed by atoms with Gasteiger partial charge in [-0.05, 0) is 35.2 Å². The Labute approximate surface area is 143 Å². The van der Waals surface area contributed by atoms with Crippen molar-refractivity contribution in [1.29, 1.82) is 0 Å². The zero-order valence-corrected chi connectivity index (χ0v) is 14.4. The first kappa shape index (κ1) is 15.1. The molecule has 0 aliphatic rings. The molecule has 1 heterocycles. The molecule has 0 unspecified atom stereocenters. The van der Waals surface area contributed by atoms with Gasteiger partial charge in [0.2, 0.25) is 0 Å². The molecule has 0 aliphatic heterocycles. The van der Waals surface area contributed by atoms with Gasteiger partial charge in [0.05, 0.1) is 11.0 Å². The van der Waals surface area contributed by atoms with Crippen LogP contribution in [-0.4, -0.2) is 4.98 Å². The van der Waals surface area contributed by atoms with Crippen LogP contribution in [0.2, 0.25) is 0 Å². The highest BCUT2D eigenvalue weighted by Gasteiger charge is 2.20.